The monoisotopic (exact) mass is 165 g/mol. The highest BCUT2D eigenvalue weighted by atomic mass is 14.4. The molecule has 12 heavy (non-hydrogen) atoms. The summed E-state index contributed by atoms with van der Waals surface area (Å²) in [6.45, 7) is 2.23. The highest BCUT2D eigenvalue weighted by molar-refractivity contribution is 4.92. The van der Waals surface area contributed by atoms with Gasteiger partial charge in [0.05, 0.1) is 6.07 Å². The maximum absolute atomic E-state index is 8.84. The molecule has 0 aromatic rings. The molecule has 1 fully saturated rings. The first-order chi connectivity index (χ1) is 5.88. The lowest BCUT2D eigenvalue weighted by Gasteiger charge is -2.11. The van der Waals surface area contributed by atoms with Crippen LogP contribution in [0.2, 0.25) is 0 Å². The normalized spacial score (nSPS) is 28.7. The topological polar surface area (TPSA) is 23.8 Å². The predicted molar refractivity (Wildman–Crippen MR) is 50.6 cm³/mol. The Balaban J connectivity index is 2.18. The molecule has 0 amide bonds. The molecule has 0 radical (unpaired) electrons. The zero-order chi connectivity index (χ0) is 8.81. The van der Waals surface area contributed by atoms with Crippen LogP contribution in [0.1, 0.15) is 51.9 Å². The fraction of sp³-hybridized carbons (Fsp3) is 0.909. The molecule has 0 N–H and O–H groups in total. The second-order valence-corrected chi connectivity index (χ2v) is 3.92. The smallest absolute Gasteiger partial charge is 0.0658 e. The maximum Gasteiger partial charge on any atom is 0.0658 e. The Morgan fingerprint density at radius 2 is 2.17 bits per heavy atom. The molecular formula is C11H19N. The summed E-state index contributed by atoms with van der Waals surface area (Å²) in [5.74, 6) is 1.13. The van der Waals surface area contributed by atoms with Gasteiger partial charge in [-0.2, -0.15) is 5.26 Å². The van der Waals surface area contributed by atoms with Crippen molar-refractivity contribution in [3.63, 3.8) is 0 Å². The number of nitriles is 1. The predicted octanol–water partition coefficient (Wildman–Crippen LogP) is 3.51. The first-order valence-electron chi connectivity index (χ1n) is 5.28. The zero-order valence-electron chi connectivity index (χ0n) is 8.05. The maximum atomic E-state index is 8.84. The molecule has 2 atom stereocenters. The Labute approximate surface area is 75.8 Å². The third-order valence-electron chi connectivity index (χ3n) is 3.00. The van der Waals surface area contributed by atoms with Crippen LogP contribution in [0.4, 0.5) is 0 Å². The highest BCUT2D eigenvalue weighted by Gasteiger charge is 2.25. The van der Waals surface area contributed by atoms with Gasteiger partial charge in [-0.1, -0.05) is 32.6 Å². The zero-order valence-corrected chi connectivity index (χ0v) is 8.05. The first-order valence-corrected chi connectivity index (χ1v) is 5.28. The minimum absolute atomic E-state index is 0.391. The van der Waals surface area contributed by atoms with Crippen LogP contribution in [0.25, 0.3) is 0 Å². The van der Waals surface area contributed by atoms with E-state index in [1.807, 2.05) is 0 Å². The van der Waals surface area contributed by atoms with Gasteiger partial charge in [-0.05, 0) is 25.2 Å². The van der Waals surface area contributed by atoms with Gasteiger partial charge in [-0.15, -0.1) is 0 Å². The van der Waals surface area contributed by atoms with Gasteiger partial charge in [0, 0.05) is 5.92 Å². The summed E-state index contributed by atoms with van der Waals surface area (Å²) in [4.78, 5) is 0. The summed E-state index contributed by atoms with van der Waals surface area (Å²) in [6, 6.07) is 2.44. The van der Waals surface area contributed by atoms with Crippen molar-refractivity contribution in [2.24, 2.45) is 11.8 Å². The molecule has 1 saturated carbocycles. The lowest BCUT2D eigenvalue weighted by atomic mass is 9.92. The Hall–Kier alpha value is -0.510. The van der Waals surface area contributed by atoms with Gasteiger partial charge in [-0.25, -0.2) is 0 Å². The lowest BCUT2D eigenvalue weighted by molar-refractivity contribution is 0.413. The number of rotatable bonds is 4. The van der Waals surface area contributed by atoms with Crippen LogP contribution in [0, 0.1) is 23.2 Å². The summed E-state index contributed by atoms with van der Waals surface area (Å²) >= 11 is 0. The van der Waals surface area contributed by atoms with Gasteiger partial charge in [-0.3, -0.25) is 0 Å². The molecule has 0 aromatic heterocycles. The minimum atomic E-state index is 0.391. The Morgan fingerprint density at radius 3 is 2.83 bits per heavy atom. The third-order valence-corrected chi connectivity index (χ3v) is 3.00. The molecule has 1 aliphatic carbocycles. The molecule has 0 saturated heterocycles. The van der Waals surface area contributed by atoms with Crippen LogP contribution in [0.5, 0.6) is 0 Å². The van der Waals surface area contributed by atoms with E-state index in [4.69, 9.17) is 5.26 Å². The second-order valence-electron chi connectivity index (χ2n) is 3.92. The number of unbranched alkanes of at least 4 members (excludes halogenated alkanes) is 2. The van der Waals surface area contributed by atoms with Gasteiger partial charge >= 0.3 is 0 Å². The molecule has 1 nitrogen and oxygen atoms in total. The Kier molecular flexibility index (Phi) is 4.14. The first kappa shape index (κ1) is 9.58. The third kappa shape index (κ3) is 2.52. The van der Waals surface area contributed by atoms with Crippen molar-refractivity contribution in [1.82, 2.24) is 0 Å². The summed E-state index contributed by atoms with van der Waals surface area (Å²) in [5.41, 5.74) is 0. The van der Waals surface area contributed by atoms with Crippen molar-refractivity contribution in [1.29, 1.82) is 5.26 Å². The van der Waals surface area contributed by atoms with Crippen molar-refractivity contribution >= 4 is 0 Å². The summed E-state index contributed by atoms with van der Waals surface area (Å²) in [7, 11) is 0. The van der Waals surface area contributed by atoms with Crippen LogP contribution in [0.3, 0.4) is 0 Å². The van der Waals surface area contributed by atoms with E-state index in [1.165, 1.54) is 38.5 Å². The average molecular weight is 165 g/mol. The van der Waals surface area contributed by atoms with E-state index in [0.29, 0.717) is 5.92 Å². The summed E-state index contributed by atoms with van der Waals surface area (Å²) in [5, 5.41) is 8.84. The van der Waals surface area contributed by atoms with E-state index >= 15 is 0 Å². The van der Waals surface area contributed by atoms with E-state index in [0.717, 1.165) is 12.3 Å². The van der Waals surface area contributed by atoms with Crippen molar-refractivity contribution in [2.75, 3.05) is 0 Å². The van der Waals surface area contributed by atoms with E-state index in [-0.39, 0.29) is 0 Å². The Morgan fingerprint density at radius 1 is 1.33 bits per heavy atom. The van der Waals surface area contributed by atoms with Gasteiger partial charge in [0.2, 0.25) is 0 Å². The fourth-order valence-electron chi connectivity index (χ4n) is 2.21. The standard InChI is InChI=1S/C11H19N/c1-2-3-4-6-10-7-5-8-11(10)9-12/h10-11H,2-8H2,1H3. The van der Waals surface area contributed by atoms with Gasteiger partial charge < -0.3 is 0 Å². The summed E-state index contributed by atoms with van der Waals surface area (Å²) in [6.07, 6.45) is 9.02. The molecule has 1 aliphatic rings. The average Bonchev–Trinajstić information content (AvgIpc) is 2.52. The van der Waals surface area contributed by atoms with Crippen molar-refractivity contribution in [2.45, 2.75) is 51.9 Å². The molecule has 2 unspecified atom stereocenters. The number of hydrogen-bond acceptors (Lipinski definition) is 1. The van der Waals surface area contributed by atoms with Crippen LogP contribution in [-0.2, 0) is 0 Å². The van der Waals surface area contributed by atoms with E-state index < -0.39 is 0 Å². The van der Waals surface area contributed by atoms with Crippen LogP contribution in [-0.4, -0.2) is 0 Å². The number of nitrogens with zero attached hydrogens (tertiary/aromatic N) is 1. The fourth-order valence-corrected chi connectivity index (χ4v) is 2.21. The summed E-state index contributed by atoms with van der Waals surface area (Å²) < 4.78 is 0. The van der Waals surface area contributed by atoms with E-state index in [1.54, 1.807) is 0 Å². The van der Waals surface area contributed by atoms with Gasteiger partial charge in [0.15, 0.2) is 0 Å². The number of hydrogen-bond donors (Lipinski definition) is 0. The van der Waals surface area contributed by atoms with Gasteiger partial charge in [0.25, 0.3) is 0 Å². The second kappa shape index (κ2) is 5.19. The molecule has 0 bridgehead atoms. The molecule has 68 valence electrons. The van der Waals surface area contributed by atoms with Crippen LogP contribution < -0.4 is 0 Å². The SMILES string of the molecule is CCCCCC1CCCC1C#N. The molecule has 1 rings (SSSR count). The highest BCUT2D eigenvalue weighted by Crippen LogP contribution is 2.34. The molecule has 1 heteroatoms. The largest absolute Gasteiger partial charge is 0.198 e. The van der Waals surface area contributed by atoms with E-state index in [2.05, 4.69) is 13.0 Å². The molecule has 0 aliphatic heterocycles. The van der Waals surface area contributed by atoms with Crippen molar-refractivity contribution in [3.05, 3.63) is 0 Å². The molecule has 0 spiro atoms. The van der Waals surface area contributed by atoms with Crippen LogP contribution >= 0.6 is 0 Å². The van der Waals surface area contributed by atoms with Gasteiger partial charge in [0.1, 0.15) is 0 Å². The molecule has 0 aromatic carbocycles. The lowest BCUT2D eigenvalue weighted by Crippen LogP contribution is -2.04. The van der Waals surface area contributed by atoms with E-state index in [9.17, 15) is 0 Å². The molecular weight excluding hydrogens is 146 g/mol. The quantitative estimate of drug-likeness (QED) is 0.585. The molecule has 0 heterocycles. The Bertz CT molecular complexity index is 157. The van der Waals surface area contributed by atoms with Crippen LogP contribution in [0.15, 0.2) is 0 Å². The minimum Gasteiger partial charge on any atom is -0.198 e. The van der Waals surface area contributed by atoms with Crippen molar-refractivity contribution in [3.8, 4) is 6.07 Å². The van der Waals surface area contributed by atoms with Crippen molar-refractivity contribution < 1.29 is 0 Å².